The number of hydrogen-bond acceptors (Lipinski definition) is 6. The highest BCUT2D eigenvalue weighted by Gasteiger charge is 2.08. The molecule has 0 spiro atoms. The van der Waals surface area contributed by atoms with Gasteiger partial charge in [0.2, 0.25) is 0 Å². The average Bonchev–Trinajstić information content (AvgIpc) is 2.70. The maximum Gasteiger partial charge on any atom is 0.338 e. The predicted molar refractivity (Wildman–Crippen MR) is 107 cm³/mol. The SMILES string of the molecule is CCOC(=O)c1ccc(Nc2ccc(NC(=O)c3cccc(C)c3)nn2)cc1. The van der Waals surface area contributed by atoms with Crippen LogP contribution in [0.2, 0.25) is 0 Å². The topological polar surface area (TPSA) is 93.2 Å². The summed E-state index contributed by atoms with van der Waals surface area (Å²) in [6.07, 6.45) is 0. The van der Waals surface area contributed by atoms with Crippen molar-refractivity contribution in [2.75, 3.05) is 17.2 Å². The second-order valence-corrected chi connectivity index (χ2v) is 6.05. The second kappa shape index (κ2) is 8.77. The minimum atomic E-state index is -0.359. The zero-order valence-electron chi connectivity index (χ0n) is 15.6. The Hall–Kier alpha value is -3.74. The molecule has 0 fully saturated rings. The predicted octanol–water partition coefficient (Wildman–Crippen LogP) is 3.96. The number of carbonyl (C=O) groups excluding carboxylic acids is 2. The number of rotatable bonds is 6. The Morgan fingerprint density at radius 2 is 1.64 bits per heavy atom. The first-order valence-electron chi connectivity index (χ1n) is 8.81. The van der Waals surface area contributed by atoms with E-state index in [1.54, 1.807) is 55.5 Å². The van der Waals surface area contributed by atoms with Gasteiger partial charge >= 0.3 is 5.97 Å². The molecular formula is C21H20N4O3. The van der Waals surface area contributed by atoms with Gasteiger partial charge in [0.05, 0.1) is 12.2 Å². The van der Waals surface area contributed by atoms with E-state index in [1.165, 1.54) is 0 Å². The lowest BCUT2D eigenvalue weighted by Gasteiger charge is -2.08. The first-order chi connectivity index (χ1) is 13.5. The molecule has 3 rings (SSSR count). The number of anilines is 3. The highest BCUT2D eigenvalue weighted by Crippen LogP contribution is 2.16. The van der Waals surface area contributed by atoms with E-state index in [2.05, 4.69) is 20.8 Å². The van der Waals surface area contributed by atoms with Crippen LogP contribution in [0.4, 0.5) is 17.3 Å². The van der Waals surface area contributed by atoms with E-state index in [9.17, 15) is 9.59 Å². The van der Waals surface area contributed by atoms with Crippen molar-refractivity contribution in [1.82, 2.24) is 10.2 Å². The molecule has 142 valence electrons. The monoisotopic (exact) mass is 376 g/mol. The molecule has 0 aliphatic heterocycles. The van der Waals surface area contributed by atoms with Gasteiger partial charge in [0, 0.05) is 11.3 Å². The van der Waals surface area contributed by atoms with Crippen LogP contribution in [-0.2, 0) is 4.74 Å². The summed E-state index contributed by atoms with van der Waals surface area (Å²) in [7, 11) is 0. The van der Waals surface area contributed by atoms with Gasteiger partial charge in [-0.25, -0.2) is 4.79 Å². The molecule has 28 heavy (non-hydrogen) atoms. The molecule has 7 nitrogen and oxygen atoms in total. The number of esters is 1. The van der Waals surface area contributed by atoms with Crippen LogP contribution in [0.3, 0.4) is 0 Å². The van der Waals surface area contributed by atoms with E-state index < -0.39 is 0 Å². The fraction of sp³-hybridized carbons (Fsp3) is 0.143. The molecule has 0 aliphatic rings. The highest BCUT2D eigenvalue weighted by atomic mass is 16.5. The fourth-order valence-electron chi connectivity index (χ4n) is 2.49. The molecular weight excluding hydrogens is 356 g/mol. The van der Waals surface area contributed by atoms with Gasteiger partial charge in [-0.15, -0.1) is 10.2 Å². The Kier molecular flexibility index (Phi) is 5.96. The van der Waals surface area contributed by atoms with E-state index in [0.717, 1.165) is 11.3 Å². The van der Waals surface area contributed by atoms with Gasteiger partial charge in [0.25, 0.3) is 5.91 Å². The van der Waals surface area contributed by atoms with E-state index in [4.69, 9.17) is 4.74 Å². The van der Waals surface area contributed by atoms with Crippen LogP contribution in [-0.4, -0.2) is 28.7 Å². The molecule has 0 radical (unpaired) electrons. The Balaban J connectivity index is 1.61. The van der Waals surface area contributed by atoms with E-state index in [-0.39, 0.29) is 11.9 Å². The zero-order chi connectivity index (χ0) is 19.9. The fourth-order valence-corrected chi connectivity index (χ4v) is 2.49. The van der Waals surface area contributed by atoms with Crippen LogP contribution in [0.15, 0.2) is 60.7 Å². The first-order valence-corrected chi connectivity index (χ1v) is 8.81. The van der Waals surface area contributed by atoms with Crippen molar-refractivity contribution in [3.63, 3.8) is 0 Å². The molecule has 0 saturated heterocycles. The van der Waals surface area contributed by atoms with Gasteiger partial charge in [0.15, 0.2) is 11.6 Å². The smallest absolute Gasteiger partial charge is 0.338 e. The molecule has 0 bridgehead atoms. The summed E-state index contributed by atoms with van der Waals surface area (Å²) in [5.41, 5.74) is 2.80. The number of nitrogens with one attached hydrogen (secondary N) is 2. The molecule has 2 aromatic carbocycles. The highest BCUT2D eigenvalue weighted by molar-refractivity contribution is 6.03. The number of ether oxygens (including phenoxy) is 1. The number of carbonyl (C=O) groups is 2. The summed E-state index contributed by atoms with van der Waals surface area (Å²) < 4.78 is 4.95. The van der Waals surface area contributed by atoms with Gasteiger partial charge in [-0.2, -0.15) is 0 Å². The second-order valence-electron chi connectivity index (χ2n) is 6.05. The Morgan fingerprint density at radius 3 is 2.29 bits per heavy atom. The minimum Gasteiger partial charge on any atom is -0.462 e. The van der Waals surface area contributed by atoms with Crippen LogP contribution >= 0.6 is 0 Å². The van der Waals surface area contributed by atoms with E-state index in [0.29, 0.717) is 29.4 Å². The van der Waals surface area contributed by atoms with Crippen LogP contribution in [0.1, 0.15) is 33.2 Å². The lowest BCUT2D eigenvalue weighted by molar-refractivity contribution is 0.0526. The van der Waals surface area contributed by atoms with E-state index >= 15 is 0 Å². The number of amides is 1. The van der Waals surface area contributed by atoms with Crippen LogP contribution in [0.5, 0.6) is 0 Å². The molecule has 0 aliphatic carbocycles. The van der Waals surface area contributed by atoms with Crippen molar-refractivity contribution in [3.05, 3.63) is 77.4 Å². The number of aryl methyl sites for hydroxylation is 1. The third kappa shape index (κ3) is 4.91. The summed E-state index contributed by atoms with van der Waals surface area (Å²) >= 11 is 0. The molecule has 0 saturated carbocycles. The third-order valence-corrected chi connectivity index (χ3v) is 3.85. The molecule has 1 aromatic heterocycles. The van der Waals surface area contributed by atoms with E-state index in [1.807, 2.05) is 19.1 Å². The quantitative estimate of drug-likeness (QED) is 0.633. The summed E-state index contributed by atoms with van der Waals surface area (Å²) in [6.45, 7) is 4.02. The van der Waals surface area contributed by atoms with Crippen molar-refractivity contribution >= 4 is 29.2 Å². The molecule has 0 unspecified atom stereocenters. The third-order valence-electron chi connectivity index (χ3n) is 3.85. The summed E-state index contributed by atoms with van der Waals surface area (Å²) in [5, 5.41) is 13.9. The molecule has 1 heterocycles. The maximum absolute atomic E-state index is 12.2. The number of hydrogen-bond donors (Lipinski definition) is 2. The van der Waals surface area contributed by atoms with Gasteiger partial charge < -0.3 is 15.4 Å². The standard InChI is InChI=1S/C21H20N4O3/c1-3-28-21(27)15-7-9-17(10-8-15)22-18-11-12-19(25-24-18)23-20(26)16-6-4-5-14(2)13-16/h4-13H,3H2,1-2H3,(H,22,24)(H,23,25,26). The van der Waals surface area contributed by atoms with Gasteiger partial charge in [0.1, 0.15) is 0 Å². The van der Waals surface area contributed by atoms with Crippen molar-refractivity contribution in [3.8, 4) is 0 Å². The van der Waals surface area contributed by atoms with Crippen molar-refractivity contribution in [2.45, 2.75) is 13.8 Å². The lowest BCUT2D eigenvalue weighted by Crippen LogP contribution is -2.13. The summed E-state index contributed by atoms with van der Waals surface area (Å²) in [4.78, 5) is 23.9. The lowest BCUT2D eigenvalue weighted by atomic mass is 10.1. The number of aromatic nitrogens is 2. The van der Waals surface area contributed by atoms with Gasteiger partial charge in [-0.3, -0.25) is 4.79 Å². The van der Waals surface area contributed by atoms with Gasteiger partial charge in [-0.05, 0) is 62.4 Å². The molecule has 2 N–H and O–H groups in total. The van der Waals surface area contributed by atoms with Gasteiger partial charge in [-0.1, -0.05) is 17.7 Å². The Bertz CT molecular complexity index is 970. The number of nitrogens with zero attached hydrogens (tertiary/aromatic N) is 2. The van der Waals surface area contributed by atoms with Crippen LogP contribution < -0.4 is 10.6 Å². The Morgan fingerprint density at radius 1 is 0.929 bits per heavy atom. The summed E-state index contributed by atoms with van der Waals surface area (Å²) in [6, 6.07) is 17.5. The maximum atomic E-state index is 12.2. The summed E-state index contributed by atoms with van der Waals surface area (Å²) in [5.74, 6) is 0.267. The average molecular weight is 376 g/mol. The Labute approximate surface area is 162 Å². The molecule has 7 heteroatoms. The minimum absolute atomic E-state index is 0.242. The molecule has 1 amide bonds. The first kappa shape index (κ1) is 19.0. The van der Waals surface area contributed by atoms with Crippen LogP contribution in [0, 0.1) is 6.92 Å². The zero-order valence-corrected chi connectivity index (χ0v) is 15.6. The normalized spacial score (nSPS) is 10.2. The molecule has 3 aromatic rings. The van der Waals surface area contributed by atoms with Crippen molar-refractivity contribution in [1.29, 1.82) is 0 Å². The van der Waals surface area contributed by atoms with Crippen LogP contribution in [0.25, 0.3) is 0 Å². The number of benzene rings is 2. The molecule has 0 atom stereocenters. The van der Waals surface area contributed by atoms with Crippen molar-refractivity contribution in [2.24, 2.45) is 0 Å². The van der Waals surface area contributed by atoms with Crippen molar-refractivity contribution < 1.29 is 14.3 Å². The largest absolute Gasteiger partial charge is 0.462 e.